The Labute approximate surface area is 200 Å². The molecule has 6 rings (SSSR count). The molecule has 0 unspecified atom stereocenters. The van der Waals surface area contributed by atoms with Crippen molar-refractivity contribution in [3.63, 3.8) is 0 Å². The zero-order chi connectivity index (χ0) is 24.3. The number of pyridine rings is 4. The molecule has 174 valence electrons. The van der Waals surface area contributed by atoms with Crippen LogP contribution >= 0.6 is 0 Å². The number of Topliss-reactive ketones (excluding diaryl/α,β-unsaturated/α-hetero) is 1. The highest BCUT2D eigenvalue weighted by atomic mass is 16.7. The van der Waals surface area contributed by atoms with E-state index in [1.165, 1.54) is 7.11 Å². The molecule has 0 spiro atoms. The fourth-order valence-electron chi connectivity index (χ4n) is 4.94. The number of hydrogen-bond acceptors (Lipinski definition) is 9. The van der Waals surface area contributed by atoms with Crippen molar-refractivity contribution in [1.82, 2.24) is 19.9 Å². The number of hydrogen-bond donors (Lipinski definition) is 0. The van der Waals surface area contributed by atoms with Crippen molar-refractivity contribution in [2.24, 2.45) is 0 Å². The third kappa shape index (κ3) is 2.73. The molecule has 0 fully saturated rings. The van der Waals surface area contributed by atoms with E-state index in [0.29, 0.717) is 33.6 Å². The second-order valence-electron chi connectivity index (χ2n) is 8.06. The molecule has 4 aromatic heterocycles. The monoisotopic (exact) mass is 468 g/mol. The number of nitrogens with zero attached hydrogens (tertiary/aromatic N) is 4. The average Bonchev–Trinajstić information content (AvgIpc) is 2.91. The number of carbonyl (C=O) groups excluding carboxylic acids is 1. The minimum absolute atomic E-state index is 0.207. The van der Waals surface area contributed by atoms with Crippen molar-refractivity contribution < 1.29 is 23.7 Å². The van der Waals surface area contributed by atoms with E-state index in [-0.39, 0.29) is 11.5 Å². The lowest BCUT2D eigenvalue weighted by Gasteiger charge is -2.35. The largest absolute Gasteiger partial charge is 0.495 e. The summed E-state index contributed by atoms with van der Waals surface area (Å²) in [5.41, 5.74) is 5.33. The van der Waals surface area contributed by atoms with Gasteiger partial charge in [-0.25, -0.2) is 0 Å². The molecule has 35 heavy (non-hydrogen) atoms. The Bertz CT molecular complexity index is 1620. The molecule has 2 aliphatic rings. The summed E-state index contributed by atoms with van der Waals surface area (Å²) in [5.74, 6) is -0.907. The summed E-state index contributed by atoms with van der Waals surface area (Å²) < 4.78 is 22.6. The molecule has 9 heteroatoms. The first kappa shape index (κ1) is 21.3. The fourth-order valence-corrected chi connectivity index (χ4v) is 4.94. The Balaban J connectivity index is 1.71. The first-order valence-corrected chi connectivity index (χ1v) is 10.8. The van der Waals surface area contributed by atoms with Crippen LogP contribution in [0.4, 0.5) is 0 Å². The molecule has 0 amide bonds. The van der Waals surface area contributed by atoms with Gasteiger partial charge in [-0.3, -0.25) is 24.7 Å². The Morgan fingerprint density at radius 3 is 2.31 bits per heavy atom. The fraction of sp³-hybridized carbons (Fsp3) is 0.192. The highest BCUT2D eigenvalue weighted by molar-refractivity contribution is 6.21. The van der Waals surface area contributed by atoms with Crippen LogP contribution < -0.4 is 0 Å². The maximum Gasteiger partial charge on any atom is 0.272 e. The molecule has 0 aromatic carbocycles. The van der Waals surface area contributed by atoms with Gasteiger partial charge in [-0.2, -0.15) is 0 Å². The summed E-state index contributed by atoms with van der Waals surface area (Å²) in [6.07, 6.45) is 10.4. The van der Waals surface area contributed by atoms with Gasteiger partial charge < -0.3 is 18.9 Å². The summed E-state index contributed by atoms with van der Waals surface area (Å²) >= 11 is 0. The number of ether oxygens (including phenoxy) is 4. The number of ketones is 1. The molecule has 0 atom stereocenters. The quantitative estimate of drug-likeness (QED) is 0.404. The van der Waals surface area contributed by atoms with Crippen LogP contribution in [0.5, 0.6) is 0 Å². The Morgan fingerprint density at radius 2 is 1.57 bits per heavy atom. The van der Waals surface area contributed by atoms with Crippen LogP contribution in [0.1, 0.15) is 27.3 Å². The van der Waals surface area contributed by atoms with E-state index >= 15 is 0 Å². The van der Waals surface area contributed by atoms with Crippen LogP contribution in [0.2, 0.25) is 0 Å². The van der Waals surface area contributed by atoms with Gasteiger partial charge in [-0.05, 0) is 35.4 Å². The van der Waals surface area contributed by atoms with Crippen LogP contribution in [0.25, 0.3) is 45.1 Å². The number of aromatic nitrogens is 4. The van der Waals surface area contributed by atoms with Crippen LogP contribution in [0, 0.1) is 0 Å². The lowest BCUT2D eigenvalue weighted by molar-refractivity contribution is -0.209. The van der Waals surface area contributed by atoms with E-state index in [2.05, 4.69) is 9.97 Å². The zero-order valence-corrected chi connectivity index (χ0v) is 19.4. The minimum atomic E-state index is -1.32. The predicted octanol–water partition coefficient (Wildman–Crippen LogP) is 3.87. The van der Waals surface area contributed by atoms with E-state index in [0.717, 1.165) is 27.6 Å². The second-order valence-corrected chi connectivity index (χ2v) is 8.06. The smallest absolute Gasteiger partial charge is 0.272 e. The standard InChI is InChI=1S/C26H20N4O5/c1-32-18-10-14-15(11-29-17-6-8-28-23(21(14)17)24(18)31)16-12-30-25-20-13(5-7-27-22(16)20)9-19(33-2)26(25,34-3)35-4/h5-12H,1-4H3. The van der Waals surface area contributed by atoms with Gasteiger partial charge in [-0.1, -0.05) is 0 Å². The molecule has 2 aliphatic carbocycles. The minimum Gasteiger partial charge on any atom is -0.495 e. The molecule has 4 heterocycles. The third-order valence-corrected chi connectivity index (χ3v) is 6.56. The summed E-state index contributed by atoms with van der Waals surface area (Å²) in [7, 11) is 6.11. The molecule has 0 radical (unpaired) electrons. The van der Waals surface area contributed by atoms with Crippen molar-refractivity contribution in [2.45, 2.75) is 5.79 Å². The van der Waals surface area contributed by atoms with E-state index in [1.54, 1.807) is 58.3 Å². The number of methoxy groups -OCH3 is 4. The van der Waals surface area contributed by atoms with Crippen molar-refractivity contribution in [3.8, 4) is 11.1 Å². The topological polar surface area (TPSA) is 106 Å². The van der Waals surface area contributed by atoms with Gasteiger partial charge in [-0.15, -0.1) is 0 Å². The van der Waals surface area contributed by atoms with Gasteiger partial charge in [0.2, 0.25) is 5.78 Å². The van der Waals surface area contributed by atoms with Gasteiger partial charge in [0.15, 0.2) is 11.5 Å². The summed E-state index contributed by atoms with van der Waals surface area (Å²) in [4.78, 5) is 31.3. The van der Waals surface area contributed by atoms with Gasteiger partial charge in [0.1, 0.15) is 11.4 Å². The average molecular weight is 468 g/mol. The molecule has 0 saturated carbocycles. The second kappa shape index (κ2) is 7.66. The number of allylic oxidation sites excluding steroid dienone is 1. The maximum atomic E-state index is 12.9. The number of carbonyl (C=O) groups is 1. The van der Waals surface area contributed by atoms with Gasteiger partial charge >= 0.3 is 0 Å². The summed E-state index contributed by atoms with van der Waals surface area (Å²) in [6.45, 7) is 0. The maximum absolute atomic E-state index is 12.9. The third-order valence-electron chi connectivity index (χ3n) is 6.56. The Morgan fingerprint density at radius 1 is 0.800 bits per heavy atom. The molecule has 4 aromatic rings. The Hall–Kier alpha value is -4.21. The van der Waals surface area contributed by atoms with Gasteiger partial charge in [0.25, 0.3) is 5.79 Å². The van der Waals surface area contributed by atoms with Crippen molar-refractivity contribution >= 4 is 39.7 Å². The molecule has 0 saturated heterocycles. The van der Waals surface area contributed by atoms with E-state index < -0.39 is 5.79 Å². The summed E-state index contributed by atoms with van der Waals surface area (Å²) in [6, 6.07) is 3.67. The lowest BCUT2D eigenvalue weighted by atomic mass is 9.88. The van der Waals surface area contributed by atoms with Crippen LogP contribution in [0.3, 0.4) is 0 Å². The van der Waals surface area contributed by atoms with Gasteiger partial charge in [0, 0.05) is 60.9 Å². The van der Waals surface area contributed by atoms with Crippen molar-refractivity contribution in [2.75, 3.05) is 28.4 Å². The molecule has 0 N–H and O–H groups in total. The first-order valence-electron chi connectivity index (χ1n) is 10.8. The highest BCUT2D eigenvalue weighted by Crippen LogP contribution is 2.46. The first-order chi connectivity index (χ1) is 17.1. The van der Waals surface area contributed by atoms with E-state index in [4.69, 9.17) is 28.9 Å². The lowest BCUT2D eigenvalue weighted by Crippen LogP contribution is -2.37. The summed E-state index contributed by atoms with van der Waals surface area (Å²) in [5, 5.41) is 1.44. The van der Waals surface area contributed by atoms with E-state index in [1.807, 2.05) is 12.1 Å². The molecule has 0 aliphatic heterocycles. The normalized spacial score (nSPS) is 15.7. The SMILES string of the molecule is COC1=Cc2c(-c3cnc4c5c(ccnc35)C=C(OC)C4(OC)OC)cnc3ccnc(c23)C1=O. The van der Waals surface area contributed by atoms with Gasteiger partial charge in [0.05, 0.1) is 25.3 Å². The highest BCUT2D eigenvalue weighted by Gasteiger charge is 2.45. The van der Waals surface area contributed by atoms with Crippen LogP contribution in [-0.2, 0) is 24.7 Å². The van der Waals surface area contributed by atoms with Crippen molar-refractivity contribution in [3.05, 3.63) is 71.0 Å². The Kier molecular flexibility index (Phi) is 4.67. The van der Waals surface area contributed by atoms with Crippen LogP contribution in [0.15, 0.2) is 48.4 Å². The molecule has 9 nitrogen and oxygen atoms in total. The predicted molar refractivity (Wildman–Crippen MR) is 128 cm³/mol. The molecule has 0 bridgehead atoms. The van der Waals surface area contributed by atoms with Crippen molar-refractivity contribution in [1.29, 1.82) is 0 Å². The molecular weight excluding hydrogens is 448 g/mol. The zero-order valence-electron chi connectivity index (χ0n) is 19.4. The molecular formula is C26H20N4O5. The van der Waals surface area contributed by atoms with E-state index in [9.17, 15) is 4.79 Å². The number of rotatable bonds is 5. The van der Waals surface area contributed by atoms with Crippen LogP contribution in [-0.4, -0.2) is 54.2 Å².